The predicted molar refractivity (Wildman–Crippen MR) is 85.5 cm³/mol. The number of nitrogens with zero attached hydrogens (tertiary/aromatic N) is 3. The molecule has 5 heteroatoms. The molecule has 0 aliphatic rings. The molecule has 0 atom stereocenters. The van der Waals surface area contributed by atoms with Gasteiger partial charge in [0, 0.05) is 13.5 Å². The van der Waals surface area contributed by atoms with Gasteiger partial charge in [0.25, 0.3) is 0 Å². The van der Waals surface area contributed by atoms with Crippen molar-refractivity contribution in [1.29, 1.82) is 0 Å². The van der Waals surface area contributed by atoms with E-state index in [0.717, 1.165) is 17.2 Å². The molecule has 2 aromatic rings. The number of aromatic nitrogens is 3. The monoisotopic (exact) mass is 303 g/mol. The van der Waals surface area contributed by atoms with Gasteiger partial charge in [-0.2, -0.15) is 5.10 Å². The largest absolute Gasteiger partial charge is 0.384 e. The summed E-state index contributed by atoms with van der Waals surface area (Å²) >= 11 is 0. The van der Waals surface area contributed by atoms with Gasteiger partial charge in [-0.15, -0.1) is 0 Å². The summed E-state index contributed by atoms with van der Waals surface area (Å²) in [7, 11) is 1.69. The normalized spacial score (nSPS) is 11.8. The van der Waals surface area contributed by atoms with E-state index in [0.29, 0.717) is 26.2 Å². The summed E-state index contributed by atoms with van der Waals surface area (Å²) in [5.74, 6) is 1.66. The van der Waals surface area contributed by atoms with E-state index in [9.17, 15) is 0 Å². The molecule has 0 spiro atoms. The molecular weight excluding hydrogens is 278 g/mol. The van der Waals surface area contributed by atoms with E-state index < -0.39 is 0 Å². The van der Waals surface area contributed by atoms with Crippen LogP contribution in [-0.2, 0) is 34.6 Å². The van der Waals surface area contributed by atoms with Crippen LogP contribution in [-0.4, -0.2) is 28.5 Å². The van der Waals surface area contributed by atoms with Gasteiger partial charge in [-0.25, -0.2) is 9.67 Å². The van der Waals surface area contributed by atoms with Crippen molar-refractivity contribution >= 4 is 0 Å². The van der Waals surface area contributed by atoms with Crippen LogP contribution in [0.4, 0.5) is 0 Å². The highest BCUT2D eigenvalue weighted by Crippen LogP contribution is 2.16. The first-order valence-corrected chi connectivity index (χ1v) is 7.56. The summed E-state index contributed by atoms with van der Waals surface area (Å²) in [6.45, 7) is 7.99. The first-order valence-electron chi connectivity index (χ1n) is 7.56. The van der Waals surface area contributed by atoms with Crippen molar-refractivity contribution in [2.45, 2.75) is 45.9 Å². The van der Waals surface area contributed by atoms with Gasteiger partial charge in [0.2, 0.25) is 0 Å². The summed E-state index contributed by atoms with van der Waals surface area (Å²) in [6, 6.07) is 10.1. The smallest absolute Gasteiger partial charge is 0.153 e. The van der Waals surface area contributed by atoms with Crippen LogP contribution in [0, 0.1) is 0 Å². The van der Waals surface area contributed by atoms with Crippen LogP contribution < -0.4 is 0 Å². The average Bonchev–Trinajstić information content (AvgIpc) is 2.90. The number of methoxy groups -OCH3 is 1. The molecule has 1 aromatic carbocycles. The number of ether oxygens (including phenoxy) is 2. The number of hydrogen-bond donors (Lipinski definition) is 0. The van der Waals surface area contributed by atoms with Crippen LogP contribution in [0.2, 0.25) is 0 Å². The fraction of sp³-hybridized carbons (Fsp3) is 0.529. The average molecular weight is 303 g/mol. The van der Waals surface area contributed by atoms with Crippen molar-refractivity contribution in [3.63, 3.8) is 0 Å². The summed E-state index contributed by atoms with van der Waals surface area (Å²) in [6.07, 6.45) is 0.714. The zero-order valence-electron chi connectivity index (χ0n) is 13.9. The predicted octanol–water partition coefficient (Wildman–Crippen LogP) is 2.94. The second-order valence-electron chi connectivity index (χ2n) is 6.25. The van der Waals surface area contributed by atoms with E-state index in [1.54, 1.807) is 7.11 Å². The van der Waals surface area contributed by atoms with Crippen LogP contribution in [0.15, 0.2) is 30.3 Å². The Kier molecular flexibility index (Phi) is 5.69. The standard InChI is InChI=1S/C17H25N3O2/c1-17(2,3)20-16(18-15(19-20)10-11-21-4)13-22-12-14-8-6-5-7-9-14/h5-9H,10-13H2,1-4H3. The molecule has 0 fully saturated rings. The third-order valence-electron chi connectivity index (χ3n) is 3.23. The van der Waals surface area contributed by atoms with Crippen LogP contribution in [0.3, 0.4) is 0 Å². The highest BCUT2D eigenvalue weighted by Gasteiger charge is 2.20. The lowest BCUT2D eigenvalue weighted by Gasteiger charge is -2.21. The van der Waals surface area contributed by atoms with Crippen molar-refractivity contribution in [2.75, 3.05) is 13.7 Å². The molecule has 0 radical (unpaired) electrons. The second-order valence-corrected chi connectivity index (χ2v) is 6.25. The fourth-order valence-electron chi connectivity index (χ4n) is 2.16. The first kappa shape index (κ1) is 16.6. The first-order chi connectivity index (χ1) is 10.5. The maximum absolute atomic E-state index is 5.80. The zero-order valence-corrected chi connectivity index (χ0v) is 13.9. The summed E-state index contributed by atoms with van der Waals surface area (Å²) in [5.41, 5.74) is 1.04. The lowest BCUT2D eigenvalue weighted by Crippen LogP contribution is -2.26. The molecule has 120 valence electrons. The Balaban J connectivity index is 2.03. The molecule has 0 unspecified atom stereocenters. The molecule has 1 heterocycles. The van der Waals surface area contributed by atoms with Gasteiger partial charge in [0.05, 0.1) is 18.8 Å². The maximum Gasteiger partial charge on any atom is 0.153 e. The summed E-state index contributed by atoms with van der Waals surface area (Å²) in [5, 5.41) is 4.59. The lowest BCUT2D eigenvalue weighted by molar-refractivity contribution is 0.0947. The third kappa shape index (κ3) is 4.64. The number of rotatable bonds is 7. The molecular formula is C17H25N3O2. The minimum absolute atomic E-state index is 0.121. The van der Waals surface area contributed by atoms with Crippen molar-refractivity contribution < 1.29 is 9.47 Å². The van der Waals surface area contributed by atoms with Crippen molar-refractivity contribution in [3.8, 4) is 0 Å². The van der Waals surface area contributed by atoms with E-state index in [4.69, 9.17) is 9.47 Å². The van der Waals surface area contributed by atoms with Gasteiger partial charge < -0.3 is 9.47 Å². The molecule has 0 bridgehead atoms. The summed E-state index contributed by atoms with van der Waals surface area (Å²) in [4.78, 5) is 4.59. The third-order valence-corrected chi connectivity index (χ3v) is 3.23. The fourth-order valence-corrected chi connectivity index (χ4v) is 2.16. The van der Waals surface area contributed by atoms with Gasteiger partial charge in [0.1, 0.15) is 6.61 Å². The Hall–Kier alpha value is -1.72. The summed E-state index contributed by atoms with van der Waals surface area (Å²) < 4.78 is 12.9. The highest BCUT2D eigenvalue weighted by atomic mass is 16.5. The molecule has 0 saturated heterocycles. The highest BCUT2D eigenvalue weighted by molar-refractivity contribution is 5.13. The number of hydrogen-bond acceptors (Lipinski definition) is 4. The van der Waals surface area contributed by atoms with E-state index in [1.807, 2.05) is 22.9 Å². The van der Waals surface area contributed by atoms with Gasteiger partial charge in [-0.1, -0.05) is 30.3 Å². The molecule has 0 saturated carbocycles. The van der Waals surface area contributed by atoms with E-state index >= 15 is 0 Å². The van der Waals surface area contributed by atoms with Crippen LogP contribution >= 0.6 is 0 Å². The molecule has 0 aliphatic carbocycles. The molecule has 1 aromatic heterocycles. The number of benzene rings is 1. The Morgan fingerprint density at radius 1 is 1.09 bits per heavy atom. The Morgan fingerprint density at radius 3 is 2.45 bits per heavy atom. The Morgan fingerprint density at radius 2 is 1.82 bits per heavy atom. The van der Waals surface area contributed by atoms with Crippen molar-refractivity contribution in [1.82, 2.24) is 14.8 Å². The van der Waals surface area contributed by atoms with E-state index in [1.165, 1.54) is 0 Å². The topological polar surface area (TPSA) is 49.2 Å². The van der Waals surface area contributed by atoms with Gasteiger partial charge in [-0.05, 0) is 26.3 Å². The zero-order chi connectivity index (χ0) is 16.0. The van der Waals surface area contributed by atoms with Gasteiger partial charge in [-0.3, -0.25) is 0 Å². The Bertz CT molecular complexity index is 573. The molecule has 5 nitrogen and oxygen atoms in total. The lowest BCUT2D eigenvalue weighted by atomic mass is 10.1. The van der Waals surface area contributed by atoms with Crippen LogP contribution in [0.5, 0.6) is 0 Å². The van der Waals surface area contributed by atoms with Crippen LogP contribution in [0.25, 0.3) is 0 Å². The van der Waals surface area contributed by atoms with Gasteiger partial charge >= 0.3 is 0 Å². The minimum atomic E-state index is -0.121. The van der Waals surface area contributed by atoms with Gasteiger partial charge in [0.15, 0.2) is 11.6 Å². The second kappa shape index (κ2) is 7.51. The SMILES string of the molecule is COCCc1nc(COCc2ccccc2)n(C(C)(C)C)n1. The molecule has 0 N–H and O–H groups in total. The van der Waals surface area contributed by atoms with E-state index in [2.05, 4.69) is 43.0 Å². The van der Waals surface area contributed by atoms with Crippen molar-refractivity contribution in [2.24, 2.45) is 0 Å². The molecule has 0 amide bonds. The Labute approximate surface area is 132 Å². The molecule has 22 heavy (non-hydrogen) atoms. The molecule has 0 aliphatic heterocycles. The minimum Gasteiger partial charge on any atom is -0.384 e. The van der Waals surface area contributed by atoms with Crippen LogP contribution in [0.1, 0.15) is 38.0 Å². The quantitative estimate of drug-likeness (QED) is 0.789. The van der Waals surface area contributed by atoms with E-state index in [-0.39, 0.29) is 5.54 Å². The van der Waals surface area contributed by atoms with Crippen molar-refractivity contribution in [3.05, 3.63) is 47.5 Å². The molecule has 2 rings (SSSR count). The maximum atomic E-state index is 5.80.